The summed E-state index contributed by atoms with van der Waals surface area (Å²) in [5.41, 5.74) is 0.744. The summed E-state index contributed by atoms with van der Waals surface area (Å²) < 4.78 is 0. The molecule has 1 heterocycles. The molecule has 1 N–H and O–H groups in total. The van der Waals surface area contributed by atoms with Gasteiger partial charge in [-0.15, -0.1) is 0 Å². The van der Waals surface area contributed by atoms with Crippen LogP contribution in [0.2, 0.25) is 0 Å². The Morgan fingerprint density at radius 1 is 1.45 bits per heavy atom. The lowest BCUT2D eigenvalue weighted by Gasteiger charge is -2.23. The number of nitro groups is 1. The first-order chi connectivity index (χ1) is 10.4. The molecule has 1 aliphatic heterocycles. The van der Waals surface area contributed by atoms with Gasteiger partial charge in [-0.05, 0) is 25.3 Å². The van der Waals surface area contributed by atoms with Gasteiger partial charge in [-0.2, -0.15) is 0 Å². The van der Waals surface area contributed by atoms with Crippen LogP contribution in [0.15, 0.2) is 18.2 Å². The highest BCUT2D eigenvalue weighted by Crippen LogP contribution is 2.26. The maximum atomic E-state index is 12.5. The van der Waals surface area contributed by atoms with Crippen molar-refractivity contribution in [1.29, 1.82) is 0 Å². The minimum Gasteiger partial charge on any atom is -0.481 e. The van der Waals surface area contributed by atoms with Crippen LogP contribution in [0.3, 0.4) is 0 Å². The van der Waals surface area contributed by atoms with Crippen LogP contribution >= 0.6 is 0 Å². The summed E-state index contributed by atoms with van der Waals surface area (Å²) in [6, 6.07) is 4.12. The molecule has 0 aromatic heterocycles. The van der Waals surface area contributed by atoms with E-state index in [4.69, 9.17) is 5.11 Å². The molecule has 0 bridgehead atoms. The van der Waals surface area contributed by atoms with Crippen molar-refractivity contribution in [3.8, 4) is 0 Å². The molecule has 22 heavy (non-hydrogen) atoms. The van der Waals surface area contributed by atoms with E-state index < -0.39 is 10.9 Å². The Kier molecular flexibility index (Phi) is 4.75. The molecule has 1 aromatic rings. The standard InChI is InChI=1S/C15H18N2O5/c1-2-10-5-6-11(8-13(10)17(21)22)15(20)16-7-3-4-12(16)9-14(18)19/h5-6,8,12H,2-4,7,9H2,1H3,(H,18,19). The fourth-order valence-corrected chi connectivity index (χ4v) is 2.85. The van der Waals surface area contributed by atoms with Crippen LogP contribution in [0.5, 0.6) is 0 Å². The Labute approximate surface area is 127 Å². The van der Waals surface area contributed by atoms with Crippen molar-refractivity contribution in [2.75, 3.05) is 6.54 Å². The van der Waals surface area contributed by atoms with Crippen LogP contribution in [0.1, 0.15) is 42.1 Å². The summed E-state index contributed by atoms with van der Waals surface area (Å²) in [5.74, 6) is -1.29. The molecule has 7 heteroatoms. The topological polar surface area (TPSA) is 101 Å². The zero-order chi connectivity index (χ0) is 16.3. The second kappa shape index (κ2) is 6.55. The molecule has 1 aromatic carbocycles. The Bertz CT molecular complexity index is 614. The number of carbonyl (C=O) groups excluding carboxylic acids is 1. The lowest BCUT2D eigenvalue weighted by atomic mass is 10.1. The Morgan fingerprint density at radius 3 is 2.77 bits per heavy atom. The number of aryl methyl sites for hydroxylation is 1. The smallest absolute Gasteiger partial charge is 0.305 e. The minimum absolute atomic E-state index is 0.0673. The third kappa shape index (κ3) is 3.24. The van der Waals surface area contributed by atoms with Crippen molar-refractivity contribution in [2.24, 2.45) is 0 Å². The van der Waals surface area contributed by atoms with Crippen LogP contribution in [0.25, 0.3) is 0 Å². The second-order valence-corrected chi connectivity index (χ2v) is 5.35. The van der Waals surface area contributed by atoms with Crippen LogP contribution < -0.4 is 0 Å². The molecule has 118 valence electrons. The van der Waals surface area contributed by atoms with Crippen molar-refractivity contribution in [3.05, 3.63) is 39.4 Å². The molecule has 1 aliphatic rings. The fourth-order valence-electron chi connectivity index (χ4n) is 2.85. The number of amides is 1. The van der Waals surface area contributed by atoms with Gasteiger partial charge in [-0.25, -0.2) is 0 Å². The summed E-state index contributed by atoms with van der Waals surface area (Å²) in [6.07, 6.45) is 1.81. The number of hydrogen-bond donors (Lipinski definition) is 1. The number of hydrogen-bond acceptors (Lipinski definition) is 4. The van der Waals surface area contributed by atoms with E-state index in [9.17, 15) is 19.7 Å². The average Bonchev–Trinajstić information content (AvgIpc) is 2.93. The van der Waals surface area contributed by atoms with Gasteiger partial charge < -0.3 is 10.0 Å². The van der Waals surface area contributed by atoms with Gasteiger partial charge in [0.15, 0.2) is 0 Å². The predicted octanol–water partition coefficient (Wildman–Crippen LogP) is 2.24. The molecule has 2 rings (SSSR count). The maximum Gasteiger partial charge on any atom is 0.305 e. The molecular weight excluding hydrogens is 288 g/mol. The summed E-state index contributed by atoms with van der Waals surface area (Å²) in [5, 5.41) is 20.0. The summed E-state index contributed by atoms with van der Waals surface area (Å²) in [6.45, 7) is 2.30. The molecular formula is C15H18N2O5. The molecule has 0 radical (unpaired) electrons. The van der Waals surface area contributed by atoms with Gasteiger partial charge in [-0.3, -0.25) is 19.7 Å². The minimum atomic E-state index is -0.947. The van der Waals surface area contributed by atoms with Crippen molar-refractivity contribution in [2.45, 2.75) is 38.6 Å². The zero-order valence-electron chi connectivity index (χ0n) is 12.3. The third-order valence-electron chi connectivity index (χ3n) is 3.96. The number of carboxylic acids is 1. The lowest BCUT2D eigenvalue weighted by molar-refractivity contribution is -0.385. The molecule has 7 nitrogen and oxygen atoms in total. The van der Waals surface area contributed by atoms with Gasteiger partial charge in [0.2, 0.25) is 0 Å². The lowest BCUT2D eigenvalue weighted by Crippen LogP contribution is -2.36. The fraction of sp³-hybridized carbons (Fsp3) is 0.467. The van der Waals surface area contributed by atoms with E-state index >= 15 is 0 Å². The monoisotopic (exact) mass is 306 g/mol. The number of rotatable bonds is 5. The van der Waals surface area contributed by atoms with E-state index in [1.54, 1.807) is 12.1 Å². The molecule has 0 spiro atoms. The Balaban J connectivity index is 2.27. The van der Waals surface area contributed by atoms with E-state index in [1.165, 1.54) is 11.0 Å². The first-order valence-electron chi connectivity index (χ1n) is 7.24. The van der Waals surface area contributed by atoms with Crippen molar-refractivity contribution < 1.29 is 19.6 Å². The third-order valence-corrected chi connectivity index (χ3v) is 3.96. The zero-order valence-corrected chi connectivity index (χ0v) is 12.3. The molecule has 1 fully saturated rings. The highest BCUT2D eigenvalue weighted by Gasteiger charge is 2.31. The highest BCUT2D eigenvalue weighted by molar-refractivity contribution is 5.95. The molecule has 0 saturated carbocycles. The first-order valence-corrected chi connectivity index (χ1v) is 7.24. The number of likely N-dealkylation sites (tertiary alicyclic amines) is 1. The summed E-state index contributed by atoms with van der Waals surface area (Å²) in [4.78, 5) is 35.5. The van der Waals surface area contributed by atoms with E-state index in [0.717, 1.165) is 6.42 Å². The van der Waals surface area contributed by atoms with Crippen molar-refractivity contribution >= 4 is 17.6 Å². The number of aliphatic carboxylic acids is 1. The molecule has 1 saturated heterocycles. The SMILES string of the molecule is CCc1ccc(C(=O)N2CCCC2CC(=O)O)cc1[N+](=O)[O-]. The van der Waals surface area contributed by atoms with Gasteiger partial charge in [0.05, 0.1) is 11.3 Å². The number of nitrogens with zero attached hydrogens (tertiary/aromatic N) is 2. The Morgan fingerprint density at radius 2 is 2.18 bits per heavy atom. The number of carboxylic acid groups (broad SMARTS) is 1. The van der Waals surface area contributed by atoms with Gasteiger partial charge in [0.25, 0.3) is 11.6 Å². The maximum absolute atomic E-state index is 12.5. The molecule has 1 unspecified atom stereocenters. The van der Waals surface area contributed by atoms with Crippen molar-refractivity contribution in [1.82, 2.24) is 4.90 Å². The number of nitro benzene ring substituents is 1. The average molecular weight is 306 g/mol. The highest BCUT2D eigenvalue weighted by atomic mass is 16.6. The molecule has 1 atom stereocenters. The normalized spacial score (nSPS) is 17.5. The van der Waals surface area contributed by atoms with Crippen LogP contribution in [-0.4, -0.2) is 39.4 Å². The van der Waals surface area contributed by atoms with Gasteiger partial charge in [0.1, 0.15) is 0 Å². The second-order valence-electron chi connectivity index (χ2n) is 5.35. The predicted molar refractivity (Wildman–Crippen MR) is 78.8 cm³/mol. The molecule has 0 aliphatic carbocycles. The van der Waals surface area contributed by atoms with Crippen LogP contribution in [-0.2, 0) is 11.2 Å². The van der Waals surface area contributed by atoms with Crippen LogP contribution in [0, 0.1) is 10.1 Å². The quantitative estimate of drug-likeness (QED) is 0.664. The van der Waals surface area contributed by atoms with Gasteiger partial charge >= 0.3 is 5.97 Å². The van der Waals surface area contributed by atoms with Crippen LogP contribution in [0.4, 0.5) is 5.69 Å². The Hall–Kier alpha value is -2.44. The summed E-state index contributed by atoms with van der Waals surface area (Å²) in [7, 11) is 0. The van der Waals surface area contributed by atoms with Crippen molar-refractivity contribution in [3.63, 3.8) is 0 Å². The van der Waals surface area contributed by atoms with E-state index in [0.29, 0.717) is 24.9 Å². The van der Waals surface area contributed by atoms with E-state index in [2.05, 4.69) is 0 Å². The van der Waals surface area contributed by atoms with E-state index in [-0.39, 0.29) is 29.6 Å². The first kappa shape index (κ1) is 15.9. The van der Waals surface area contributed by atoms with E-state index in [1.807, 2.05) is 6.92 Å². The largest absolute Gasteiger partial charge is 0.481 e. The van der Waals surface area contributed by atoms with Gasteiger partial charge in [0, 0.05) is 29.8 Å². The number of carbonyl (C=O) groups is 2. The summed E-state index contributed by atoms with van der Waals surface area (Å²) >= 11 is 0. The van der Waals surface area contributed by atoms with Gasteiger partial charge in [-0.1, -0.05) is 13.0 Å². The number of benzene rings is 1. The molecule has 1 amide bonds.